The third-order valence-corrected chi connectivity index (χ3v) is 3.83. The average molecular weight is 301 g/mol. The number of nitrogens with one attached hydrogen (secondary N) is 1. The molecule has 21 heavy (non-hydrogen) atoms. The van der Waals surface area contributed by atoms with Crippen LogP contribution in [0.15, 0.2) is 54.9 Å². The van der Waals surface area contributed by atoms with Gasteiger partial charge in [0.15, 0.2) is 0 Å². The van der Waals surface area contributed by atoms with Gasteiger partial charge in [0.2, 0.25) is 0 Å². The highest BCUT2D eigenvalue weighted by atomic mass is 35.5. The maximum absolute atomic E-state index is 14.2. The van der Waals surface area contributed by atoms with Gasteiger partial charge in [-0.05, 0) is 36.2 Å². The quantitative estimate of drug-likeness (QED) is 0.778. The molecule has 0 aliphatic rings. The molecule has 3 aromatic rings. The third-order valence-electron chi connectivity index (χ3n) is 3.59. The van der Waals surface area contributed by atoms with Gasteiger partial charge in [-0.1, -0.05) is 35.9 Å². The first-order chi connectivity index (χ1) is 10.2. The molecule has 0 bridgehead atoms. The van der Waals surface area contributed by atoms with Crippen molar-refractivity contribution in [2.45, 2.75) is 6.04 Å². The summed E-state index contributed by atoms with van der Waals surface area (Å²) in [5.41, 5.74) is 1.56. The summed E-state index contributed by atoms with van der Waals surface area (Å²) in [7, 11) is 1.81. The van der Waals surface area contributed by atoms with Crippen LogP contribution in [0.5, 0.6) is 0 Å². The third kappa shape index (κ3) is 2.62. The molecule has 1 atom stereocenters. The number of hydrogen-bond acceptors (Lipinski definition) is 2. The number of benzene rings is 2. The number of rotatable bonds is 3. The van der Waals surface area contributed by atoms with Gasteiger partial charge in [-0.3, -0.25) is 4.98 Å². The smallest absolute Gasteiger partial charge is 0.129 e. The van der Waals surface area contributed by atoms with Crippen molar-refractivity contribution < 1.29 is 4.39 Å². The van der Waals surface area contributed by atoms with E-state index in [1.165, 1.54) is 6.07 Å². The Morgan fingerprint density at radius 2 is 2.00 bits per heavy atom. The van der Waals surface area contributed by atoms with Crippen LogP contribution in [0.2, 0.25) is 5.02 Å². The molecule has 3 rings (SSSR count). The Morgan fingerprint density at radius 3 is 2.76 bits per heavy atom. The lowest BCUT2D eigenvalue weighted by Crippen LogP contribution is -2.19. The summed E-state index contributed by atoms with van der Waals surface area (Å²) >= 11 is 5.84. The van der Waals surface area contributed by atoms with Crippen molar-refractivity contribution in [2.75, 3.05) is 7.05 Å². The summed E-state index contributed by atoms with van der Waals surface area (Å²) < 4.78 is 14.2. The highest BCUT2D eigenvalue weighted by Crippen LogP contribution is 2.30. The molecular formula is C17H14ClFN2. The Bertz CT molecular complexity index is 783. The average Bonchev–Trinajstić information content (AvgIpc) is 2.50. The molecule has 0 saturated carbocycles. The molecule has 1 aromatic heterocycles. The summed E-state index contributed by atoms with van der Waals surface area (Å²) in [4.78, 5) is 4.18. The number of halogens is 2. The van der Waals surface area contributed by atoms with Crippen molar-refractivity contribution >= 4 is 22.4 Å². The summed E-state index contributed by atoms with van der Waals surface area (Å²) in [5.74, 6) is -0.317. The first-order valence-electron chi connectivity index (χ1n) is 6.65. The molecule has 0 saturated heterocycles. The van der Waals surface area contributed by atoms with E-state index in [1.807, 2.05) is 37.5 Å². The van der Waals surface area contributed by atoms with E-state index in [0.29, 0.717) is 10.6 Å². The van der Waals surface area contributed by atoms with Gasteiger partial charge in [-0.15, -0.1) is 0 Å². The Balaban J connectivity index is 2.18. The molecule has 2 aromatic carbocycles. The second kappa shape index (κ2) is 5.80. The molecule has 1 N–H and O–H groups in total. The molecule has 0 fully saturated rings. The van der Waals surface area contributed by atoms with E-state index >= 15 is 0 Å². The molecule has 4 heteroatoms. The van der Waals surface area contributed by atoms with Crippen LogP contribution in [0.4, 0.5) is 4.39 Å². The molecule has 1 heterocycles. The largest absolute Gasteiger partial charge is 0.309 e. The van der Waals surface area contributed by atoms with Crippen LogP contribution in [-0.2, 0) is 0 Å². The molecule has 106 valence electrons. The van der Waals surface area contributed by atoms with Crippen LogP contribution in [-0.4, -0.2) is 12.0 Å². The van der Waals surface area contributed by atoms with Gasteiger partial charge < -0.3 is 5.32 Å². The normalized spacial score (nSPS) is 12.5. The van der Waals surface area contributed by atoms with Gasteiger partial charge in [0.1, 0.15) is 5.82 Å². The maximum atomic E-state index is 14.2. The van der Waals surface area contributed by atoms with Crippen molar-refractivity contribution in [3.8, 4) is 0 Å². The molecule has 0 spiro atoms. The van der Waals surface area contributed by atoms with Crippen LogP contribution in [0.1, 0.15) is 17.2 Å². The van der Waals surface area contributed by atoms with E-state index < -0.39 is 0 Å². The fourth-order valence-corrected chi connectivity index (χ4v) is 2.76. The van der Waals surface area contributed by atoms with Crippen molar-refractivity contribution in [2.24, 2.45) is 0 Å². The van der Waals surface area contributed by atoms with E-state index in [0.717, 1.165) is 16.3 Å². The zero-order chi connectivity index (χ0) is 14.8. The predicted molar refractivity (Wildman–Crippen MR) is 84.1 cm³/mol. The number of pyridine rings is 1. The first kappa shape index (κ1) is 14.0. The summed E-state index contributed by atoms with van der Waals surface area (Å²) in [6.07, 6.45) is 3.56. The second-order valence-electron chi connectivity index (χ2n) is 4.83. The van der Waals surface area contributed by atoms with Gasteiger partial charge in [0.05, 0.1) is 6.04 Å². The molecule has 0 amide bonds. The minimum atomic E-state index is -0.317. The highest BCUT2D eigenvalue weighted by Gasteiger charge is 2.18. The minimum Gasteiger partial charge on any atom is -0.309 e. The molecule has 2 nitrogen and oxygen atoms in total. The van der Waals surface area contributed by atoms with E-state index in [-0.39, 0.29) is 11.9 Å². The second-order valence-corrected chi connectivity index (χ2v) is 5.27. The fourth-order valence-electron chi connectivity index (χ4n) is 2.60. The number of aromatic nitrogens is 1. The van der Waals surface area contributed by atoms with Gasteiger partial charge in [-0.2, -0.15) is 0 Å². The van der Waals surface area contributed by atoms with E-state index in [9.17, 15) is 4.39 Å². The molecule has 0 aliphatic carbocycles. The predicted octanol–water partition coefficient (Wildman–Crippen LogP) is 4.34. The van der Waals surface area contributed by atoms with E-state index in [4.69, 9.17) is 11.6 Å². The van der Waals surface area contributed by atoms with Crippen LogP contribution in [0.25, 0.3) is 10.8 Å². The van der Waals surface area contributed by atoms with Gasteiger partial charge in [0, 0.05) is 28.4 Å². The van der Waals surface area contributed by atoms with E-state index in [2.05, 4.69) is 10.3 Å². The number of nitrogens with zero attached hydrogens (tertiary/aromatic N) is 1. The van der Waals surface area contributed by atoms with Crippen molar-refractivity contribution in [1.29, 1.82) is 0 Å². The zero-order valence-corrected chi connectivity index (χ0v) is 12.2. The summed E-state index contributed by atoms with van der Waals surface area (Å²) in [6, 6.07) is 12.4. The number of fused-ring (bicyclic) bond motifs is 1. The van der Waals surface area contributed by atoms with Crippen LogP contribution >= 0.6 is 11.6 Å². The molecule has 0 radical (unpaired) electrons. The SMILES string of the molecule is CNC(c1ccc(Cl)cc1F)c1cccc2ccncc12. The Morgan fingerprint density at radius 1 is 1.14 bits per heavy atom. The minimum absolute atomic E-state index is 0.254. The zero-order valence-electron chi connectivity index (χ0n) is 11.5. The molecule has 1 unspecified atom stereocenters. The van der Waals surface area contributed by atoms with Crippen LogP contribution < -0.4 is 5.32 Å². The lowest BCUT2D eigenvalue weighted by molar-refractivity contribution is 0.577. The van der Waals surface area contributed by atoms with Gasteiger partial charge >= 0.3 is 0 Å². The topological polar surface area (TPSA) is 24.9 Å². The summed E-state index contributed by atoms with van der Waals surface area (Å²) in [5, 5.41) is 5.66. The monoisotopic (exact) mass is 300 g/mol. The van der Waals surface area contributed by atoms with Crippen LogP contribution in [0.3, 0.4) is 0 Å². The summed E-state index contributed by atoms with van der Waals surface area (Å²) in [6.45, 7) is 0. The van der Waals surface area contributed by atoms with Crippen molar-refractivity contribution in [3.05, 3.63) is 76.8 Å². The lowest BCUT2D eigenvalue weighted by atomic mass is 9.94. The standard InChI is InChI=1S/C17H14ClFN2/c1-20-17(14-6-5-12(18)9-16(14)19)13-4-2-3-11-7-8-21-10-15(11)13/h2-10,17,20H,1H3. The van der Waals surface area contributed by atoms with Gasteiger partial charge in [0.25, 0.3) is 0 Å². The maximum Gasteiger partial charge on any atom is 0.129 e. The van der Waals surface area contributed by atoms with Crippen molar-refractivity contribution in [3.63, 3.8) is 0 Å². The molecular weight excluding hydrogens is 287 g/mol. The lowest BCUT2D eigenvalue weighted by Gasteiger charge is -2.20. The highest BCUT2D eigenvalue weighted by molar-refractivity contribution is 6.30. The van der Waals surface area contributed by atoms with E-state index in [1.54, 1.807) is 18.3 Å². The van der Waals surface area contributed by atoms with Crippen molar-refractivity contribution in [1.82, 2.24) is 10.3 Å². The number of hydrogen-bond donors (Lipinski definition) is 1. The first-order valence-corrected chi connectivity index (χ1v) is 7.03. The Kier molecular flexibility index (Phi) is 3.86. The molecule has 0 aliphatic heterocycles. The fraction of sp³-hybridized carbons (Fsp3) is 0.118. The Hall–Kier alpha value is -1.97. The Labute approximate surface area is 127 Å². The van der Waals surface area contributed by atoms with Crippen LogP contribution in [0, 0.1) is 5.82 Å². The van der Waals surface area contributed by atoms with Gasteiger partial charge in [-0.25, -0.2) is 4.39 Å².